The molecule has 2 aromatic carbocycles. The van der Waals surface area contributed by atoms with Crippen LogP contribution in [0.1, 0.15) is 30.1 Å². The lowest BCUT2D eigenvalue weighted by Crippen LogP contribution is -2.32. The van der Waals surface area contributed by atoms with Crippen molar-refractivity contribution in [3.8, 4) is 5.75 Å². The molecule has 1 saturated heterocycles. The molecule has 3 rings (SSSR count). The van der Waals surface area contributed by atoms with Gasteiger partial charge >= 0.3 is 0 Å². The molecule has 1 heterocycles. The molecule has 2 aromatic rings. The van der Waals surface area contributed by atoms with Crippen LogP contribution < -0.4 is 15.4 Å². The molecule has 148 valence electrons. The van der Waals surface area contributed by atoms with E-state index >= 15 is 0 Å². The van der Waals surface area contributed by atoms with Gasteiger partial charge in [-0.1, -0.05) is 19.4 Å². The summed E-state index contributed by atoms with van der Waals surface area (Å²) in [5, 5.41) is 5.53. The average Bonchev–Trinajstić information content (AvgIpc) is 3.17. The van der Waals surface area contributed by atoms with Gasteiger partial charge in [0.2, 0.25) is 0 Å². The molecule has 2 N–H and O–H groups in total. The van der Waals surface area contributed by atoms with E-state index in [4.69, 9.17) is 9.47 Å². The predicted octanol–water partition coefficient (Wildman–Crippen LogP) is 3.84. The van der Waals surface area contributed by atoms with Crippen LogP contribution >= 0.6 is 0 Å². The van der Waals surface area contributed by atoms with Gasteiger partial charge in [0, 0.05) is 17.9 Å². The lowest BCUT2D eigenvalue weighted by molar-refractivity contribution is -0.126. The molecule has 0 radical (unpaired) electrons. The number of carbonyl (C=O) groups is 2. The number of methoxy groups -OCH3 is 1. The zero-order chi connectivity index (χ0) is 20.1. The second-order valence-electron chi connectivity index (χ2n) is 6.62. The van der Waals surface area contributed by atoms with Crippen molar-refractivity contribution in [1.82, 2.24) is 0 Å². The molecule has 0 aliphatic carbocycles. The van der Waals surface area contributed by atoms with Crippen LogP contribution in [0.5, 0.6) is 5.75 Å². The van der Waals surface area contributed by atoms with Gasteiger partial charge in [0.1, 0.15) is 17.7 Å². The monoisotopic (exact) mass is 386 g/mol. The van der Waals surface area contributed by atoms with Gasteiger partial charge in [-0.2, -0.15) is 0 Å². The third-order valence-corrected chi connectivity index (χ3v) is 4.80. The largest absolute Gasteiger partial charge is 0.495 e. The van der Waals surface area contributed by atoms with Gasteiger partial charge in [-0.25, -0.2) is 4.39 Å². The molecule has 1 aliphatic rings. The molecular weight excluding hydrogens is 363 g/mol. The van der Waals surface area contributed by atoms with Crippen molar-refractivity contribution in [2.75, 3.05) is 24.4 Å². The molecule has 1 aliphatic heterocycles. The Kier molecular flexibility index (Phi) is 6.26. The Labute approximate surface area is 163 Å². The SMILES string of the molecule is CC[C@@H]1CCO[C@@H]1C(=O)Nc1ccc(OC)c(NC(=O)c2cccc(F)c2)c1. The van der Waals surface area contributed by atoms with E-state index in [9.17, 15) is 14.0 Å². The fraction of sp³-hybridized carbons (Fsp3) is 0.333. The van der Waals surface area contributed by atoms with E-state index in [0.29, 0.717) is 23.7 Å². The van der Waals surface area contributed by atoms with Crippen LogP contribution in [0, 0.1) is 11.7 Å². The maximum absolute atomic E-state index is 13.4. The average molecular weight is 386 g/mol. The Morgan fingerprint density at radius 2 is 2.04 bits per heavy atom. The van der Waals surface area contributed by atoms with Crippen LogP contribution in [0.4, 0.5) is 15.8 Å². The minimum absolute atomic E-state index is 0.182. The van der Waals surface area contributed by atoms with Crippen molar-refractivity contribution in [2.45, 2.75) is 25.9 Å². The minimum Gasteiger partial charge on any atom is -0.495 e. The quantitative estimate of drug-likeness (QED) is 0.791. The number of hydrogen-bond donors (Lipinski definition) is 2. The Morgan fingerprint density at radius 3 is 2.75 bits per heavy atom. The maximum Gasteiger partial charge on any atom is 0.255 e. The number of rotatable bonds is 6. The Hall–Kier alpha value is -2.93. The second-order valence-corrected chi connectivity index (χ2v) is 6.62. The number of anilines is 2. The highest BCUT2D eigenvalue weighted by Gasteiger charge is 2.32. The first-order chi connectivity index (χ1) is 13.5. The maximum atomic E-state index is 13.4. The van der Waals surface area contributed by atoms with E-state index in [1.54, 1.807) is 18.2 Å². The molecule has 6 nitrogen and oxygen atoms in total. The van der Waals surface area contributed by atoms with Crippen molar-refractivity contribution in [2.24, 2.45) is 5.92 Å². The molecule has 28 heavy (non-hydrogen) atoms. The summed E-state index contributed by atoms with van der Waals surface area (Å²) >= 11 is 0. The molecule has 0 aromatic heterocycles. The molecule has 0 unspecified atom stereocenters. The first-order valence-electron chi connectivity index (χ1n) is 9.19. The zero-order valence-electron chi connectivity index (χ0n) is 15.8. The highest BCUT2D eigenvalue weighted by atomic mass is 19.1. The minimum atomic E-state index is -0.498. The lowest BCUT2D eigenvalue weighted by Gasteiger charge is -2.17. The summed E-state index contributed by atoms with van der Waals surface area (Å²) in [6.07, 6.45) is 1.26. The Balaban J connectivity index is 1.76. The van der Waals surface area contributed by atoms with Gasteiger partial charge in [0.05, 0.1) is 12.8 Å². The zero-order valence-corrected chi connectivity index (χ0v) is 15.8. The summed E-state index contributed by atoms with van der Waals surface area (Å²) < 4.78 is 24.2. The first kappa shape index (κ1) is 19.8. The number of amides is 2. The summed E-state index contributed by atoms with van der Waals surface area (Å²) in [6, 6.07) is 10.3. The number of carbonyl (C=O) groups excluding carboxylic acids is 2. The van der Waals surface area contributed by atoms with E-state index < -0.39 is 17.8 Å². The molecule has 0 saturated carbocycles. The van der Waals surface area contributed by atoms with Crippen molar-refractivity contribution in [1.29, 1.82) is 0 Å². The highest BCUT2D eigenvalue weighted by molar-refractivity contribution is 6.05. The first-order valence-corrected chi connectivity index (χ1v) is 9.19. The van der Waals surface area contributed by atoms with Crippen molar-refractivity contribution in [3.63, 3.8) is 0 Å². The standard InChI is InChI=1S/C21H23FN2O4/c1-3-13-9-10-28-19(13)21(26)23-16-7-8-18(27-2)17(12-16)24-20(25)14-5-4-6-15(22)11-14/h4-8,11-13,19H,3,9-10H2,1-2H3,(H,23,26)(H,24,25)/t13-,19+/m1/s1. The molecule has 2 amide bonds. The third kappa shape index (κ3) is 4.48. The molecule has 1 fully saturated rings. The normalized spacial score (nSPS) is 18.5. The highest BCUT2D eigenvalue weighted by Crippen LogP contribution is 2.30. The van der Waals surface area contributed by atoms with Crippen LogP contribution in [-0.4, -0.2) is 31.6 Å². The van der Waals surface area contributed by atoms with Crippen LogP contribution in [0.15, 0.2) is 42.5 Å². The molecule has 0 spiro atoms. The van der Waals surface area contributed by atoms with E-state index in [-0.39, 0.29) is 17.4 Å². The van der Waals surface area contributed by atoms with E-state index in [2.05, 4.69) is 10.6 Å². The van der Waals surface area contributed by atoms with Gasteiger partial charge in [0.15, 0.2) is 0 Å². The van der Waals surface area contributed by atoms with E-state index in [1.807, 2.05) is 6.92 Å². The molecule has 7 heteroatoms. The smallest absolute Gasteiger partial charge is 0.255 e. The van der Waals surface area contributed by atoms with E-state index in [0.717, 1.165) is 18.9 Å². The van der Waals surface area contributed by atoms with Crippen molar-refractivity contribution >= 4 is 23.2 Å². The third-order valence-electron chi connectivity index (χ3n) is 4.80. The van der Waals surface area contributed by atoms with E-state index in [1.165, 1.54) is 25.3 Å². The summed E-state index contributed by atoms with van der Waals surface area (Å²) in [7, 11) is 1.48. The van der Waals surface area contributed by atoms with Gasteiger partial charge < -0.3 is 20.1 Å². The number of nitrogens with one attached hydrogen (secondary N) is 2. The topological polar surface area (TPSA) is 76.7 Å². The molecule has 2 atom stereocenters. The van der Waals surface area contributed by atoms with Crippen LogP contribution in [-0.2, 0) is 9.53 Å². The number of benzene rings is 2. The summed E-state index contributed by atoms with van der Waals surface area (Å²) in [5.41, 5.74) is 1.06. The number of hydrogen-bond acceptors (Lipinski definition) is 4. The van der Waals surface area contributed by atoms with Gasteiger partial charge in [-0.3, -0.25) is 9.59 Å². The fourth-order valence-electron chi connectivity index (χ4n) is 3.26. The van der Waals surface area contributed by atoms with Crippen LogP contribution in [0.25, 0.3) is 0 Å². The molecular formula is C21H23FN2O4. The fourth-order valence-corrected chi connectivity index (χ4v) is 3.26. The van der Waals surface area contributed by atoms with Crippen molar-refractivity contribution < 1.29 is 23.5 Å². The summed E-state index contributed by atoms with van der Waals surface area (Å²) in [4.78, 5) is 25.0. The number of ether oxygens (including phenoxy) is 2. The van der Waals surface area contributed by atoms with Crippen molar-refractivity contribution in [3.05, 3.63) is 53.8 Å². The Morgan fingerprint density at radius 1 is 1.21 bits per heavy atom. The predicted molar refractivity (Wildman–Crippen MR) is 104 cm³/mol. The lowest BCUT2D eigenvalue weighted by atomic mass is 9.98. The molecule has 0 bridgehead atoms. The van der Waals surface area contributed by atoms with Gasteiger partial charge in [-0.05, 0) is 48.7 Å². The van der Waals surface area contributed by atoms with Crippen LogP contribution in [0.2, 0.25) is 0 Å². The number of halogens is 1. The van der Waals surface area contributed by atoms with Gasteiger partial charge in [0.25, 0.3) is 11.8 Å². The Bertz CT molecular complexity index is 871. The second kappa shape index (κ2) is 8.84. The summed E-state index contributed by atoms with van der Waals surface area (Å²) in [5.74, 6) is -0.567. The van der Waals surface area contributed by atoms with Gasteiger partial charge in [-0.15, -0.1) is 0 Å². The van der Waals surface area contributed by atoms with Crippen LogP contribution in [0.3, 0.4) is 0 Å². The summed E-state index contributed by atoms with van der Waals surface area (Å²) in [6.45, 7) is 2.61.